The second kappa shape index (κ2) is 6.33. The Morgan fingerprint density at radius 1 is 1.16 bits per heavy atom. The molecule has 0 saturated heterocycles. The van der Waals surface area contributed by atoms with Crippen molar-refractivity contribution in [1.82, 2.24) is 15.0 Å². The number of anilines is 2. The molecule has 0 aliphatic carbocycles. The molecule has 0 aliphatic rings. The van der Waals surface area contributed by atoms with Gasteiger partial charge < -0.3 is 10.1 Å². The van der Waals surface area contributed by atoms with E-state index in [4.69, 9.17) is 16.3 Å². The molecule has 1 N–H and O–H groups in total. The third-order valence-corrected chi connectivity index (χ3v) is 2.92. The van der Waals surface area contributed by atoms with Gasteiger partial charge in [-0.25, -0.2) is 0 Å². The second-order valence-corrected chi connectivity index (χ2v) is 5.59. The Morgan fingerprint density at radius 3 is 2.47 bits per heavy atom. The highest BCUT2D eigenvalue weighted by Crippen LogP contribution is 2.18. The van der Waals surface area contributed by atoms with E-state index in [0.29, 0.717) is 5.95 Å². The lowest BCUT2D eigenvalue weighted by molar-refractivity contribution is 0.222. The van der Waals surface area contributed by atoms with Gasteiger partial charge in [0, 0.05) is 9.26 Å². The van der Waals surface area contributed by atoms with Crippen LogP contribution in [0.1, 0.15) is 13.8 Å². The SMILES string of the molecule is CC(C)Oc1nc(Cl)nc(Nc2ccc(I)cc2)n1. The zero-order chi connectivity index (χ0) is 13.8. The lowest BCUT2D eigenvalue weighted by Crippen LogP contribution is -2.10. The zero-order valence-corrected chi connectivity index (χ0v) is 13.3. The van der Waals surface area contributed by atoms with E-state index in [2.05, 4.69) is 42.9 Å². The van der Waals surface area contributed by atoms with Crippen molar-refractivity contribution in [2.75, 3.05) is 5.32 Å². The summed E-state index contributed by atoms with van der Waals surface area (Å²) in [6, 6.07) is 8.04. The third kappa shape index (κ3) is 4.46. The number of halogens is 2. The number of aromatic nitrogens is 3. The number of rotatable bonds is 4. The normalized spacial score (nSPS) is 10.6. The number of hydrogen-bond donors (Lipinski definition) is 1. The summed E-state index contributed by atoms with van der Waals surface area (Å²) in [4.78, 5) is 12.1. The van der Waals surface area contributed by atoms with Gasteiger partial charge in [0.05, 0.1) is 6.10 Å². The molecule has 0 amide bonds. The van der Waals surface area contributed by atoms with Crippen LogP contribution in [-0.4, -0.2) is 21.1 Å². The highest BCUT2D eigenvalue weighted by molar-refractivity contribution is 14.1. The van der Waals surface area contributed by atoms with Gasteiger partial charge in [0.25, 0.3) is 0 Å². The van der Waals surface area contributed by atoms with E-state index in [1.807, 2.05) is 38.1 Å². The standard InChI is InChI=1S/C12H12ClIN4O/c1-7(2)19-12-17-10(13)16-11(18-12)15-9-5-3-8(14)4-6-9/h3-7H,1-2H3,(H,15,16,17,18). The Morgan fingerprint density at radius 2 is 1.84 bits per heavy atom. The van der Waals surface area contributed by atoms with Crippen LogP contribution in [0.3, 0.4) is 0 Å². The molecule has 0 unspecified atom stereocenters. The van der Waals surface area contributed by atoms with Gasteiger partial charge >= 0.3 is 6.01 Å². The van der Waals surface area contributed by atoms with Crippen LogP contribution in [0.5, 0.6) is 6.01 Å². The molecule has 1 aromatic carbocycles. The Hall–Kier alpha value is -1.15. The number of ether oxygens (including phenoxy) is 1. The predicted molar refractivity (Wildman–Crippen MR) is 83.0 cm³/mol. The fourth-order valence-corrected chi connectivity index (χ4v) is 1.83. The summed E-state index contributed by atoms with van der Waals surface area (Å²) < 4.78 is 6.56. The van der Waals surface area contributed by atoms with Gasteiger partial charge in [-0.2, -0.15) is 15.0 Å². The fraction of sp³-hybridized carbons (Fsp3) is 0.250. The average Bonchev–Trinajstić information content (AvgIpc) is 2.30. The highest BCUT2D eigenvalue weighted by atomic mass is 127. The molecule has 0 aliphatic heterocycles. The van der Waals surface area contributed by atoms with Crippen molar-refractivity contribution in [2.45, 2.75) is 20.0 Å². The number of benzene rings is 1. The lowest BCUT2D eigenvalue weighted by atomic mass is 10.3. The quantitative estimate of drug-likeness (QED) is 0.807. The molecular formula is C12H12ClIN4O. The molecular weight excluding hydrogens is 379 g/mol. The van der Waals surface area contributed by atoms with Crippen molar-refractivity contribution in [3.05, 3.63) is 33.1 Å². The largest absolute Gasteiger partial charge is 0.461 e. The summed E-state index contributed by atoms with van der Waals surface area (Å²) in [5.74, 6) is 0.358. The minimum atomic E-state index is -0.0235. The molecule has 100 valence electrons. The summed E-state index contributed by atoms with van der Waals surface area (Å²) >= 11 is 8.08. The van der Waals surface area contributed by atoms with Gasteiger partial charge in [0.15, 0.2) is 0 Å². The first-order valence-corrected chi connectivity index (χ1v) is 7.09. The average molecular weight is 391 g/mol. The van der Waals surface area contributed by atoms with Crippen LogP contribution in [0.4, 0.5) is 11.6 Å². The molecule has 0 fully saturated rings. The Labute approximate surface area is 129 Å². The highest BCUT2D eigenvalue weighted by Gasteiger charge is 2.08. The van der Waals surface area contributed by atoms with E-state index in [-0.39, 0.29) is 17.4 Å². The molecule has 0 radical (unpaired) electrons. The molecule has 5 nitrogen and oxygen atoms in total. The third-order valence-electron chi connectivity index (χ3n) is 2.03. The van der Waals surface area contributed by atoms with Crippen molar-refractivity contribution in [3.63, 3.8) is 0 Å². The van der Waals surface area contributed by atoms with Crippen molar-refractivity contribution in [2.24, 2.45) is 0 Å². The first-order valence-electron chi connectivity index (χ1n) is 5.64. The number of hydrogen-bond acceptors (Lipinski definition) is 5. The van der Waals surface area contributed by atoms with Gasteiger partial charge in [0.2, 0.25) is 11.2 Å². The Kier molecular flexibility index (Phi) is 4.76. The molecule has 1 aromatic heterocycles. The first kappa shape index (κ1) is 14.3. The molecule has 7 heteroatoms. The summed E-state index contributed by atoms with van der Waals surface area (Å²) in [6.07, 6.45) is -0.0235. The molecule has 0 atom stereocenters. The topological polar surface area (TPSA) is 59.9 Å². The molecule has 1 heterocycles. The smallest absolute Gasteiger partial charge is 0.322 e. The van der Waals surface area contributed by atoms with Crippen LogP contribution in [0.15, 0.2) is 24.3 Å². The van der Waals surface area contributed by atoms with Crippen LogP contribution < -0.4 is 10.1 Å². The van der Waals surface area contributed by atoms with Crippen molar-refractivity contribution in [3.8, 4) is 6.01 Å². The maximum absolute atomic E-state index is 5.84. The van der Waals surface area contributed by atoms with Gasteiger partial charge in [-0.3, -0.25) is 0 Å². The van der Waals surface area contributed by atoms with Crippen LogP contribution in [-0.2, 0) is 0 Å². The van der Waals surface area contributed by atoms with Crippen molar-refractivity contribution < 1.29 is 4.74 Å². The van der Waals surface area contributed by atoms with E-state index in [1.54, 1.807) is 0 Å². The second-order valence-electron chi connectivity index (χ2n) is 4.01. The summed E-state index contributed by atoms with van der Waals surface area (Å²) in [7, 11) is 0. The summed E-state index contributed by atoms with van der Waals surface area (Å²) in [6.45, 7) is 3.79. The molecule has 2 rings (SSSR count). The number of nitrogens with zero attached hydrogens (tertiary/aromatic N) is 3. The molecule has 2 aromatic rings. The monoisotopic (exact) mass is 390 g/mol. The molecule has 0 saturated carbocycles. The molecule has 0 bridgehead atoms. The summed E-state index contributed by atoms with van der Waals surface area (Å²) in [5, 5.41) is 3.15. The zero-order valence-electron chi connectivity index (χ0n) is 10.4. The van der Waals surface area contributed by atoms with E-state index in [9.17, 15) is 0 Å². The minimum absolute atomic E-state index is 0.0235. The van der Waals surface area contributed by atoms with E-state index >= 15 is 0 Å². The Bertz CT molecular complexity index is 562. The van der Waals surface area contributed by atoms with Crippen LogP contribution in [0, 0.1) is 3.57 Å². The molecule has 0 spiro atoms. The first-order chi connectivity index (χ1) is 9.02. The molecule has 19 heavy (non-hydrogen) atoms. The van der Waals surface area contributed by atoms with Gasteiger partial charge in [0.1, 0.15) is 0 Å². The Balaban J connectivity index is 2.19. The van der Waals surface area contributed by atoms with Crippen molar-refractivity contribution in [1.29, 1.82) is 0 Å². The van der Waals surface area contributed by atoms with E-state index in [1.165, 1.54) is 0 Å². The van der Waals surface area contributed by atoms with E-state index in [0.717, 1.165) is 9.26 Å². The maximum atomic E-state index is 5.84. The summed E-state index contributed by atoms with van der Waals surface area (Å²) in [5.41, 5.74) is 0.873. The predicted octanol–water partition coefficient (Wildman–Crippen LogP) is 3.66. The maximum Gasteiger partial charge on any atom is 0.322 e. The van der Waals surface area contributed by atoms with Crippen LogP contribution >= 0.6 is 34.2 Å². The van der Waals surface area contributed by atoms with Gasteiger partial charge in [-0.1, -0.05) is 0 Å². The van der Waals surface area contributed by atoms with E-state index < -0.39 is 0 Å². The van der Waals surface area contributed by atoms with Crippen molar-refractivity contribution >= 4 is 45.8 Å². The van der Waals surface area contributed by atoms with Crippen LogP contribution in [0.2, 0.25) is 5.28 Å². The lowest BCUT2D eigenvalue weighted by Gasteiger charge is -2.09. The van der Waals surface area contributed by atoms with Crippen LogP contribution in [0.25, 0.3) is 0 Å². The van der Waals surface area contributed by atoms with Gasteiger partial charge in [-0.15, -0.1) is 0 Å². The number of nitrogens with one attached hydrogen (secondary N) is 1. The van der Waals surface area contributed by atoms with Gasteiger partial charge in [-0.05, 0) is 72.3 Å². The minimum Gasteiger partial charge on any atom is -0.461 e. The fourth-order valence-electron chi connectivity index (χ4n) is 1.31.